The van der Waals surface area contributed by atoms with Crippen LogP contribution in [0.2, 0.25) is 0 Å². The average molecular weight is 205 g/mol. The summed E-state index contributed by atoms with van der Waals surface area (Å²) in [5.41, 5.74) is 6.99. The van der Waals surface area contributed by atoms with Gasteiger partial charge in [0.2, 0.25) is 0 Å². The van der Waals surface area contributed by atoms with Crippen molar-refractivity contribution in [3.63, 3.8) is 0 Å². The maximum Gasteiger partial charge on any atom is 0.325 e. The highest BCUT2D eigenvalue weighted by Crippen LogP contribution is 2.17. The highest BCUT2D eigenvalue weighted by molar-refractivity contribution is 5.76. The number of carbonyl (C=O) groups is 1. The lowest BCUT2D eigenvalue weighted by Gasteiger charge is -2.07. The van der Waals surface area contributed by atoms with E-state index in [1.165, 1.54) is 7.11 Å². The van der Waals surface area contributed by atoms with E-state index in [-0.39, 0.29) is 6.54 Å². The quantitative estimate of drug-likeness (QED) is 0.560. The summed E-state index contributed by atoms with van der Waals surface area (Å²) in [7, 11) is 1.30. The zero-order valence-electron chi connectivity index (χ0n) is 8.28. The Morgan fingerprint density at radius 3 is 3.00 bits per heavy atom. The van der Waals surface area contributed by atoms with Crippen molar-refractivity contribution in [3.05, 3.63) is 23.8 Å². The average Bonchev–Trinajstić information content (AvgIpc) is 2.26. The lowest BCUT2D eigenvalue weighted by molar-refractivity contribution is -0.138. The van der Waals surface area contributed by atoms with E-state index in [1.54, 1.807) is 18.2 Å². The summed E-state index contributed by atoms with van der Waals surface area (Å²) in [5.74, 6) is -0.393. The number of ether oxygens (including phenoxy) is 1. The first kappa shape index (κ1) is 10.9. The van der Waals surface area contributed by atoms with Gasteiger partial charge in [0.1, 0.15) is 12.6 Å². The molecular formula is C10H11N3O2. The van der Waals surface area contributed by atoms with Gasteiger partial charge in [-0.3, -0.25) is 4.79 Å². The van der Waals surface area contributed by atoms with Gasteiger partial charge in [-0.25, -0.2) is 0 Å². The van der Waals surface area contributed by atoms with Crippen LogP contribution in [-0.4, -0.2) is 19.6 Å². The Balaban J connectivity index is 2.77. The van der Waals surface area contributed by atoms with E-state index in [0.717, 1.165) is 0 Å². The van der Waals surface area contributed by atoms with Crippen molar-refractivity contribution < 1.29 is 9.53 Å². The molecule has 3 N–H and O–H groups in total. The molecule has 0 atom stereocenters. The van der Waals surface area contributed by atoms with E-state index < -0.39 is 5.97 Å². The number of esters is 1. The minimum Gasteiger partial charge on any atom is -0.468 e. The summed E-state index contributed by atoms with van der Waals surface area (Å²) in [6.45, 7) is 0.0229. The van der Waals surface area contributed by atoms with Gasteiger partial charge in [-0.05, 0) is 18.2 Å². The second-order valence-corrected chi connectivity index (χ2v) is 2.85. The molecule has 0 spiro atoms. The standard InChI is InChI=1S/C10H11N3O2/c1-15-10(14)6-13-9-3-2-8(12)4-7(9)5-11/h2-4,13H,6,12H2,1H3. The number of hydrogen-bond donors (Lipinski definition) is 2. The highest BCUT2D eigenvalue weighted by atomic mass is 16.5. The Kier molecular flexibility index (Phi) is 3.52. The number of nitriles is 1. The largest absolute Gasteiger partial charge is 0.468 e. The first-order valence-electron chi connectivity index (χ1n) is 4.27. The lowest BCUT2D eigenvalue weighted by atomic mass is 10.1. The normalized spacial score (nSPS) is 9.07. The van der Waals surface area contributed by atoms with Gasteiger partial charge in [-0.15, -0.1) is 0 Å². The Morgan fingerprint density at radius 1 is 1.67 bits per heavy atom. The number of carbonyl (C=O) groups excluding carboxylic acids is 1. The third kappa shape index (κ3) is 2.88. The van der Waals surface area contributed by atoms with Crippen molar-refractivity contribution in [2.75, 3.05) is 24.7 Å². The van der Waals surface area contributed by atoms with Gasteiger partial charge >= 0.3 is 5.97 Å². The van der Waals surface area contributed by atoms with Gasteiger partial charge in [-0.1, -0.05) is 0 Å². The molecule has 0 saturated carbocycles. The molecule has 0 aliphatic carbocycles. The zero-order valence-corrected chi connectivity index (χ0v) is 8.28. The molecule has 5 heteroatoms. The van der Waals surface area contributed by atoms with Crippen LogP contribution in [0.1, 0.15) is 5.56 Å². The van der Waals surface area contributed by atoms with Crippen molar-refractivity contribution in [2.24, 2.45) is 0 Å². The van der Waals surface area contributed by atoms with Crippen molar-refractivity contribution >= 4 is 17.3 Å². The molecule has 0 heterocycles. The molecule has 0 fully saturated rings. The summed E-state index contributed by atoms with van der Waals surface area (Å²) in [5, 5.41) is 11.6. The summed E-state index contributed by atoms with van der Waals surface area (Å²) in [6.07, 6.45) is 0. The van der Waals surface area contributed by atoms with E-state index >= 15 is 0 Å². The Bertz CT molecular complexity index is 410. The van der Waals surface area contributed by atoms with Gasteiger partial charge in [0.25, 0.3) is 0 Å². The second kappa shape index (κ2) is 4.86. The maximum atomic E-state index is 10.9. The number of nitrogens with zero attached hydrogens (tertiary/aromatic N) is 1. The van der Waals surface area contributed by atoms with Gasteiger partial charge in [-0.2, -0.15) is 5.26 Å². The number of methoxy groups -OCH3 is 1. The molecule has 1 aromatic rings. The van der Waals surface area contributed by atoms with E-state index in [1.807, 2.05) is 6.07 Å². The van der Waals surface area contributed by atoms with Crippen LogP contribution in [0.5, 0.6) is 0 Å². The molecule has 0 radical (unpaired) electrons. The van der Waals surface area contributed by atoms with Crippen LogP contribution in [-0.2, 0) is 9.53 Å². The number of rotatable bonds is 3. The first-order chi connectivity index (χ1) is 7.17. The Labute approximate surface area is 87.4 Å². The SMILES string of the molecule is COC(=O)CNc1ccc(N)cc1C#N. The summed E-state index contributed by atoms with van der Waals surface area (Å²) >= 11 is 0. The number of nitrogen functional groups attached to an aromatic ring is 1. The van der Waals surface area contributed by atoms with Crippen LogP contribution >= 0.6 is 0 Å². The van der Waals surface area contributed by atoms with Crippen LogP contribution < -0.4 is 11.1 Å². The van der Waals surface area contributed by atoms with Gasteiger partial charge in [0.15, 0.2) is 0 Å². The molecule has 0 aliphatic heterocycles. The molecule has 5 nitrogen and oxygen atoms in total. The van der Waals surface area contributed by atoms with E-state index in [0.29, 0.717) is 16.9 Å². The molecule has 0 saturated heterocycles. The summed E-state index contributed by atoms with van der Waals surface area (Å²) in [6, 6.07) is 6.83. The van der Waals surface area contributed by atoms with Crippen molar-refractivity contribution in [1.29, 1.82) is 5.26 Å². The Hall–Kier alpha value is -2.22. The fourth-order valence-corrected chi connectivity index (χ4v) is 1.05. The predicted octanol–water partition coefficient (Wildman–Crippen LogP) is 0.725. The molecule has 1 aromatic carbocycles. The van der Waals surface area contributed by atoms with Crippen LogP contribution in [0.25, 0.3) is 0 Å². The molecule has 0 bridgehead atoms. The van der Waals surface area contributed by atoms with E-state index in [4.69, 9.17) is 11.0 Å². The molecule has 78 valence electrons. The number of nitrogens with two attached hydrogens (primary N) is 1. The second-order valence-electron chi connectivity index (χ2n) is 2.85. The lowest BCUT2D eigenvalue weighted by Crippen LogP contribution is -2.15. The fourth-order valence-electron chi connectivity index (χ4n) is 1.05. The van der Waals surface area contributed by atoms with Crippen LogP contribution in [0, 0.1) is 11.3 Å². The molecule has 0 amide bonds. The minimum absolute atomic E-state index is 0.0229. The summed E-state index contributed by atoms with van der Waals surface area (Å²) in [4.78, 5) is 10.9. The van der Waals surface area contributed by atoms with Gasteiger partial charge in [0.05, 0.1) is 18.4 Å². The highest BCUT2D eigenvalue weighted by Gasteiger charge is 2.04. The molecule has 15 heavy (non-hydrogen) atoms. The number of benzene rings is 1. The molecular weight excluding hydrogens is 194 g/mol. The third-order valence-electron chi connectivity index (χ3n) is 1.81. The van der Waals surface area contributed by atoms with Crippen molar-refractivity contribution in [2.45, 2.75) is 0 Å². The number of nitrogens with one attached hydrogen (secondary N) is 1. The van der Waals surface area contributed by atoms with E-state index in [2.05, 4.69) is 10.1 Å². The first-order valence-corrected chi connectivity index (χ1v) is 4.27. The molecule has 0 aromatic heterocycles. The van der Waals surface area contributed by atoms with E-state index in [9.17, 15) is 4.79 Å². The zero-order chi connectivity index (χ0) is 11.3. The summed E-state index contributed by atoms with van der Waals surface area (Å²) < 4.78 is 4.46. The molecule has 0 unspecified atom stereocenters. The van der Waals surface area contributed by atoms with Crippen LogP contribution in [0.15, 0.2) is 18.2 Å². The van der Waals surface area contributed by atoms with Crippen LogP contribution in [0.3, 0.4) is 0 Å². The molecule has 1 rings (SSSR count). The number of anilines is 2. The number of hydrogen-bond acceptors (Lipinski definition) is 5. The smallest absolute Gasteiger partial charge is 0.325 e. The monoisotopic (exact) mass is 205 g/mol. The third-order valence-corrected chi connectivity index (χ3v) is 1.81. The van der Waals surface area contributed by atoms with Crippen molar-refractivity contribution in [1.82, 2.24) is 0 Å². The van der Waals surface area contributed by atoms with Gasteiger partial charge in [0, 0.05) is 5.69 Å². The topological polar surface area (TPSA) is 88.1 Å². The molecule has 0 aliphatic rings. The van der Waals surface area contributed by atoms with Crippen LogP contribution in [0.4, 0.5) is 11.4 Å². The maximum absolute atomic E-state index is 10.9. The van der Waals surface area contributed by atoms with Crippen molar-refractivity contribution in [3.8, 4) is 6.07 Å². The Morgan fingerprint density at radius 2 is 2.40 bits per heavy atom. The van der Waals surface area contributed by atoms with Gasteiger partial charge < -0.3 is 15.8 Å². The fraction of sp³-hybridized carbons (Fsp3) is 0.200. The minimum atomic E-state index is -0.393. The predicted molar refractivity (Wildman–Crippen MR) is 56.1 cm³/mol.